The maximum Gasteiger partial charge on any atom is 0.277 e. The fourth-order valence-corrected chi connectivity index (χ4v) is 2.13. The molecule has 0 bridgehead atoms. The Morgan fingerprint density at radius 3 is 2.52 bits per heavy atom. The van der Waals surface area contributed by atoms with E-state index in [1.807, 2.05) is 6.92 Å². The molecule has 0 fully saturated rings. The first-order valence-electron chi connectivity index (χ1n) is 7.30. The maximum atomic E-state index is 11.7. The molecule has 116 valence electrons. The number of benzene rings is 1. The van der Waals surface area contributed by atoms with E-state index in [1.54, 1.807) is 18.2 Å². The van der Waals surface area contributed by atoms with Crippen LogP contribution in [0.3, 0.4) is 0 Å². The van der Waals surface area contributed by atoms with Crippen LogP contribution in [0.5, 0.6) is 5.75 Å². The summed E-state index contributed by atoms with van der Waals surface area (Å²) in [5.74, 6) is 0.398. The van der Waals surface area contributed by atoms with Gasteiger partial charge in [0, 0.05) is 10.7 Å². The first kappa shape index (κ1) is 17.5. The van der Waals surface area contributed by atoms with E-state index in [4.69, 9.17) is 16.3 Å². The van der Waals surface area contributed by atoms with Gasteiger partial charge in [-0.1, -0.05) is 38.3 Å². The summed E-state index contributed by atoms with van der Waals surface area (Å²) in [5, 5.41) is 4.82. The molecule has 1 rings (SSSR count). The number of nitrogens with zero attached hydrogens (tertiary/aromatic N) is 1. The van der Waals surface area contributed by atoms with Gasteiger partial charge < -0.3 is 4.74 Å². The average molecular weight is 311 g/mol. The Kier molecular flexibility index (Phi) is 7.83. The molecule has 0 saturated carbocycles. The number of halogens is 1. The summed E-state index contributed by atoms with van der Waals surface area (Å²) in [6, 6.07) is 5.29. The number of rotatable bonds is 8. The Labute approximate surface area is 131 Å². The third-order valence-electron chi connectivity index (χ3n) is 2.91. The van der Waals surface area contributed by atoms with Crippen molar-refractivity contribution in [3.05, 3.63) is 28.8 Å². The standard InChI is InChI=1S/C16H23ClN2O2/c1-4-6-14(7-5-2)18-19-16(20)11-21-15-9-8-13(17)10-12(15)3/h8-10H,4-7,11H2,1-3H3,(H,19,20). The molecule has 1 aromatic carbocycles. The fraction of sp³-hybridized carbons (Fsp3) is 0.500. The summed E-state index contributed by atoms with van der Waals surface area (Å²) < 4.78 is 5.47. The molecule has 0 aliphatic heterocycles. The van der Waals surface area contributed by atoms with Gasteiger partial charge in [-0.2, -0.15) is 5.10 Å². The van der Waals surface area contributed by atoms with Gasteiger partial charge >= 0.3 is 0 Å². The number of carbonyl (C=O) groups is 1. The fourth-order valence-electron chi connectivity index (χ4n) is 1.91. The highest BCUT2D eigenvalue weighted by atomic mass is 35.5. The lowest BCUT2D eigenvalue weighted by molar-refractivity contribution is -0.123. The van der Waals surface area contributed by atoms with Crippen LogP contribution in [0.15, 0.2) is 23.3 Å². The quantitative estimate of drug-likeness (QED) is 0.580. The van der Waals surface area contributed by atoms with E-state index >= 15 is 0 Å². The summed E-state index contributed by atoms with van der Waals surface area (Å²) >= 11 is 5.87. The minimum atomic E-state index is -0.256. The van der Waals surface area contributed by atoms with E-state index in [1.165, 1.54) is 0 Å². The van der Waals surface area contributed by atoms with Gasteiger partial charge in [0.2, 0.25) is 0 Å². The molecule has 0 aliphatic carbocycles. The van der Waals surface area contributed by atoms with Crippen molar-refractivity contribution >= 4 is 23.2 Å². The minimum Gasteiger partial charge on any atom is -0.483 e. The molecule has 0 aliphatic rings. The number of aryl methyl sites for hydroxylation is 1. The van der Waals surface area contributed by atoms with Crippen molar-refractivity contribution in [1.82, 2.24) is 5.43 Å². The van der Waals surface area contributed by atoms with Crippen molar-refractivity contribution in [3.63, 3.8) is 0 Å². The van der Waals surface area contributed by atoms with E-state index in [-0.39, 0.29) is 12.5 Å². The van der Waals surface area contributed by atoms with Crippen molar-refractivity contribution in [1.29, 1.82) is 0 Å². The molecule has 0 radical (unpaired) electrons. The number of amides is 1. The van der Waals surface area contributed by atoms with Crippen LogP contribution in [-0.2, 0) is 4.79 Å². The van der Waals surface area contributed by atoms with Crippen LogP contribution >= 0.6 is 11.6 Å². The lowest BCUT2D eigenvalue weighted by Crippen LogP contribution is -2.26. The van der Waals surface area contributed by atoms with Crippen LogP contribution in [0.1, 0.15) is 45.1 Å². The van der Waals surface area contributed by atoms with Crippen molar-refractivity contribution in [2.24, 2.45) is 5.10 Å². The summed E-state index contributed by atoms with van der Waals surface area (Å²) in [5.41, 5.74) is 4.48. The Balaban J connectivity index is 2.48. The molecule has 0 spiro atoms. The number of carbonyl (C=O) groups excluding carboxylic acids is 1. The molecule has 1 amide bonds. The van der Waals surface area contributed by atoms with E-state index in [2.05, 4.69) is 24.4 Å². The number of nitrogens with one attached hydrogen (secondary N) is 1. The predicted molar refractivity (Wildman–Crippen MR) is 87.1 cm³/mol. The molecule has 1 N–H and O–H groups in total. The van der Waals surface area contributed by atoms with Gasteiger partial charge in [0.1, 0.15) is 5.75 Å². The second-order valence-electron chi connectivity index (χ2n) is 4.91. The van der Waals surface area contributed by atoms with Crippen LogP contribution in [0, 0.1) is 6.92 Å². The zero-order valence-corrected chi connectivity index (χ0v) is 13.7. The molecule has 4 nitrogen and oxygen atoms in total. The van der Waals surface area contributed by atoms with E-state index < -0.39 is 0 Å². The molecule has 0 heterocycles. The Morgan fingerprint density at radius 1 is 1.29 bits per heavy atom. The topological polar surface area (TPSA) is 50.7 Å². The average Bonchev–Trinajstić information content (AvgIpc) is 2.44. The van der Waals surface area contributed by atoms with Crippen molar-refractivity contribution in [2.75, 3.05) is 6.61 Å². The largest absolute Gasteiger partial charge is 0.483 e. The summed E-state index contributed by atoms with van der Waals surface area (Å²) in [6.07, 6.45) is 3.86. The highest BCUT2D eigenvalue weighted by molar-refractivity contribution is 6.30. The van der Waals surface area contributed by atoms with Gasteiger partial charge in [-0.05, 0) is 43.5 Å². The lowest BCUT2D eigenvalue weighted by atomic mass is 10.1. The normalized spacial score (nSPS) is 10.1. The summed E-state index contributed by atoms with van der Waals surface area (Å²) in [4.78, 5) is 11.7. The van der Waals surface area contributed by atoms with Crippen LogP contribution < -0.4 is 10.2 Å². The summed E-state index contributed by atoms with van der Waals surface area (Å²) in [6.45, 7) is 6.02. The molecule has 21 heavy (non-hydrogen) atoms. The number of hydrogen-bond donors (Lipinski definition) is 1. The van der Waals surface area contributed by atoms with Crippen molar-refractivity contribution in [2.45, 2.75) is 46.5 Å². The molecule has 0 aromatic heterocycles. The molecule has 0 saturated heterocycles. The predicted octanol–water partition coefficient (Wildman–Crippen LogP) is 4.10. The van der Waals surface area contributed by atoms with E-state index in [0.29, 0.717) is 10.8 Å². The first-order chi connectivity index (χ1) is 10.1. The number of hydrazone groups is 1. The highest BCUT2D eigenvalue weighted by Gasteiger charge is 2.05. The molecule has 1 aromatic rings. The smallest absolute Gasteiger partial charge is 0.277 e. The molecule has 0 atom stereocenters. The van der Waals surface area contributed by atoms with Crippen LogP contribution in [0.25, 0.3) is 0 Å². The molecule has 0 unspecified atom stereocenters. The molecular weight excluding hydrogens is 288 g/mol. The Hall–Kier alpha value is -1.55. The second-order valence-corrected chi connectivity index (χ2v) is 5.35. The van der Waals surface area contributed by atoms with Gasteiger partial charge in [-0.25, -0.2) is 5.43 Å². The molecular formula is C16H23ClN2O2. The number of ether oxygens (including phenoxy) is 1. The van der Waals surface area contributed by atoms with Crippen LogP contribution in [0.4, 0.5) is 0 Å². The SMILES string of the molecule is CCCC(CCC)=NNC(=O)COc1ccc(Cl)cc1C. The summed E-state index contributed by atoms with van der Waals surface area (Å²) in [7, 11) is 0. The highest BCUT2D eigenvalue weighted by Crippen LogP contribution is 2.21. The first-order valence-corrected chi connectivity index (χ1v) is 7.67. The third kappa shape index (κ3) is 6.63. The zero-order chi connectivity index (χ0) is 15.7. The number of hydrogen-bond acceptors (Lipinski definition) is 3. The van der Waals surface area contributed by atoms with Gasteiger partial charge in [0.15, 0.2) is 6.61 Å². The van der Waals surface area contributed by atoms with E-state index in [0.717, 1.165) is 37.0 Å². The Bertz CT molecular complexity index is 493. The molecule has 5 heteroatoms. The van der Waals surface area contributed by atoms with Gasteiger partial charge in [-0.3, -0.25) is 4.79 Å². The van der Waals surface area contributed by atoms with Crippen molar-refractivity contribution < 1.29 is 9.53 Å². The van der Waals surface area contributed by atoms with Gasteiger partial charge in [0.05, 0.1) is 0 Å². The van der Waals surface area contributed by atoms with Crippen LogP contribution in [-0.4, -0.2) is 18.2 Å². The maximum absolute atomic E-state index is 11.7. The Morgan fingerprint density at radius 2 is 1.95 bits per heavy atom. The monoisotopic (exact) mass is 310 g/mol. The van der Waals surface area contributed by atoms with Gasteiger partial charge in [0.25, 0.3) is 5.91 Å². The van der Waals surface area contributed by atoms with Crippen LogP contribution in [0.2, 0.25) is 5.02 Å². The van der Waals surface area contributed by atoms with E-state index in [9.17, 15) is 4.79 Å². The third-order valence-corrected chi connectivity index (χ3v) is 3.15. The second kappa shape index (κ2) is 9.40. The van der Waals surface area contributed by atoms with Gasteiger partial charge in [-0.15, -0.1) is 0 Å². The lowest BCUT2D eigenvalue weighted by Gasteiger charge is -2.09. The minimum absolute atomic E-state index is 0.0580. The van der Waals surface area contributed by atoms with Crippen molar-refractivity contribution in [3.8, 4) is 5.75 Å². The zero-order valence-electron chi connectivity index (χ0n) is 12.9.